The van der Waals surface area contributed by atoms with Crippen LogP contribution in [0.15, 0.2) is 108 Å². The van der Waals surface area contributed by atoms with Crippen LogP contribution in [0.2, 0.25) is 0 Å². The van der Waals surface area contributed by atoms with Crippen molar-refractivity contribution in [1.29, 1.82) is 0 Å². The van der Waals surface area contributed by atoms with E-state index in [1.165, 1.54) is 4.90 Å². The molecule has 13 nitrogen and oxygen atoms in total. The Labute approximate surface area is 311 Å². The van der Waals surface area contributed by atoms with E-state index in [2.05, 4.69) is 15.6 Å². The standard InChI is InChI=1S/C41H39N5O8/c1-26-11-10-16-29-39(26)54-40(44-29)38(52)30(23-37(50)51)42-35(48)25-46-33-18-9-8-17-32(33)45(36(49)22-20-28-14-6-3-7-15-28)24-31(41(46)53)43-34(47)21-19-27-12-4-2-5-13-27/h2-18,30-31H,19-25H2,1H3,(H,42,48)(H,43,47)(H,50,51)/t30-,31-/m0/s1. The Morgan fingerprint density at radius 2 is 1.44 bits per heavy atom. The third-order valence-electron chi connectivity index (χ3n) is 9.14. The highest BCUT2D eigenvalue weighted by Crippen LogP contribution is 2.33. The number of benzene rings is 4. The lowest BCUT2D eigenvalue weighted by atomic mass is 10.1. The molecule has 0 saturated carbocycles. The number of rotatable bonds is 14. The Morgan fingerprint density at radius 1 is 0.815 bits per heavy atom. The first-order chi connectivity index (χ1) is 26.1. The van der Waals surface area contributed by atoms with Crippen LogP contribution in [-0.2, 0) is 36.8 Å². The number of carbonyl (C=O) groups is 6. The minimum atomic E-state index is -1.58. The van der Waals surface area contributed by atoms with Crippen molar-refractivity contribution in [3.63, 3.8) is 0 Å². The number of aliphatic carboxylic acids is 1. The first kappa shape index (κ1) is 37.1. The topological polar surface area (TPSA) is 179 Å². The number of hydrogen-bond donors (Lipinski definition) is 3. The Balaban J connectivity index is 1.26. The molecule has 0 spiro atoms. The number of anilines is 2. The van der Waals surface area contributed by atoms with Crippen LogP contribution >= 0.6 is 0 Å². The van der Waals surface area contributed by atoms with Crippen LogP contribution in [0, 0.1) is 6.92 Å². The molecular weight excluding hydrogens is 690 g/mol. The molecule has 2 heterocycles. The number of ketones is 1. The molecule has 0 radical (unpaired) electrons. The summed E-state index contributed by atoms with van der Waals surface area (Å²) in [4.78, 5) is 87.4. The van der Waals surface area contributed by atoms with E-state index in [1.54, 1.807) is 49.4 Å². The molecule has 0 aliphatic carbocycles. The number of aromatic nitrogens is 1. The second kappa shape index (κ2) is 16.8. The van der Waals surface area contributed by atoms with Crippen LogP contribution in [0.25, 0.3) is 11.1 Å². The van der Waals surface area contributed by atoms with Crippen molar-refractivity contribution in [2.75, 3.05) is 22.9 Å². The average molecular weight is 730 g/mol. The first-order valence-electron chi connectivity index (χ1n) is 17.6. The number of nitrogens with zero attached hydrogens (tertiary/aromatic N) is 3. The zero-order valence-corrected chi connectivity index (χ0v) is 29.6. The summed E-state index contributed by atoms with van der Waals surface area (Å²) >= 11 is 0. The third kappa shape index (κ3) is 8.87. The normalized spacial score (nSPS) is 14.5. The summed E-state index contributed by atoms with van der Waals surface area (Å²) < 4.78 is 5.67. The van der Waals surface area contributed by atoms with Crippen molar-refractivity contribution in [3.8, 4) is 0 Å². The summed E-state index contributed by atoms with van der Waals surface area (Å²) in [5.74, 6) is -4.84. The summed E-state index contributed by atoms with van der Waals surface area (Å²) in [6.45, 7) is 0.912. The van der Waals surface area contributed by atoms with Crippen molar-refractivity contribution in [2.24, 2.45) is 0 Å². The SMILES string of the molecule is Cc1cccc2nc(C(=O)[C@H](CC(=O)O)NC(=O)CN3C(=O)[C@@H](NC(=O)CCc4ccccc4)CN(C(=O)CCc4ccccc4)c4ccccc43)oc12. The van der Waals surface area contributed by atoms with Gasteiger partial charge in [0.05, 0.1) is 24.3 Å². The number of oxazole rings is 1. The summed E-state index contributed by atoms with van der Waals surface area (Å²) in [6, 6.07) is 27.8. The molecular formula is C41H39N5O8. The van der Waals surface area contributed by atoms with Crippen LogP contribution in [0.3, 0.4) is 0 Å². The molecule has 0 bridgehead atoms. The fraction of sp³-hybridized carbons (Fsp3) is 0.244. The Hall–Kier alpha value is -6.63. The van der Waals surface area contributed by atoms with Gasteiger partial charge in [-0.25, -0.2) is 4.98 Å². The second-order valence-electron chi connectivity index (χ2n) is 13.0. The molecule has 1 aromatic heterocycles. The quantitative estimate of drug-likeness (QED) is 0.140. The molecule has 6 rings (SSSR count). The number of amides is 4. The van der Waals surface area contributed by atoms with Crippen molar-refractivity contribution >= 4 is 57.9 Å². The van der Waals surface area contributed by atoms with Crippen LogP contribution in [0.5, 0.6) is 0 Å². The summed E-state index contributed by atoms with van der Waals surface area (Å²) in [7, 11) is 0. The summed E-state index contributed by atoms with van der Waals surface area (Å²) in [5.41, 5.74) is 3.91. The van der Waals surface area contributed by atoms with Gasteiger partial charge < -0.3 is 25.1 Å². The second-order valence-corrected chi connectivity index (χ2v) is 13.0. The van der Waals surface area contributed by atoms with Gasteiger partial charge in [0.1, 0.15) is 24.1 Å². The van der Waals surface area contributed by atoms with Gasteiger partial charge in [-0.3, -0.25) is 33.7 Å². The fourth-order valence-electron chi connectivity index (χ4n) is 6.40. The maximum absolute atomic E-state index is 14.4. The molecule has 13 heteroatoms. The maximum Gasteiger partial charge on any atom is 0.305 e. The summed E-state index contributed by atoms with van der Waals surface area (Å²) in [6.07, 6.45) is 0.244. The Kier molecular flexibility index (Phi) is 11.6. The Morgan fingerprint density at radius 3 is 2.09 bits per heavy atom. The maximum atomic E-state index is 14.4. The molecule has 1 aliphatic rings. The average Bonchev–Trinajstić information content (AvgIpc) is 3.58. The van der Waals surface area contributed by atoms with E-state index >= 15 is 0 Å². The van der Waals surface area contributed by atoms with Gasteiger partial charge in [-0.2, -0.15) is 0 Å². The predicted octanol–water partition coefficient (Wildman–Crippen LogP) is 4.41. The predicted molar refractivity (Wildman–Crippen MR) is 200 cm³/mol. The lowest BCUT2D eigenvalue weighted by Gasteiger charge is -2.26. The number of para-hydroxylation sites is 3. The molecule has 5 aromatic rings. The number of Topliss-reactive ketones (excluding diaryl/α,β-unsaturated/α-hetero) is 1. The zero-order valence-electron chi connectivity index (χ0n) is 29.6. The molecule has 1 aliphatic heterocycles. The zero-order chi connectivity index (χ0) is 38.2. The van der Waals surface area contributed by atoms with Gasteiger partial charge >= 0.3 is 5.97 Å². The molecule has 0 saturated heterocycles. The van der Waals surface area contributed by atoms with Crippen molar-refractivity contribution in [1.82, 2.24) is 15.6 Å². The van der Waals surface area contributed by atoms with Gasteiger partial charge in [0, 0.05) is 12.8 Å². The number of carboxylic acids is 1. The van der Waals surface area contributed by atoms with Crippen LogP contribution < -0.4 is 20.4 Å². The van der Waals surface area contributed by atoms with E-state index in [0.29, 0.717) is 35.2 Å². The van der Waals surface area contributed by atoms with Crippen molar-refractivity contribution < 1.29 is 38.3 Å². The number of fused-ring (bicyclic) bond motifs is 2. The smallest absolute Gasteiger partial charge is 0.305 e. The highest BCUT2D eigenvalue weighted by Gasteiger charge is 2.38. The molecule has 0 unspecified atom stereocenters. The lowest BCUT2D eigenvalue weighted by Crippen LogP contribution is -2.55. The largest absolute Gasteiger partial charge is 0.481 e. The van der Waals surface area contributed by atoms with Gasteiger partial charge in [-0.05, 0) is 54.7 Å². The molecule has 54 heavy (non-hydrogen) atoms. The van der Waals surface area contributed by atoms with Crippen LogP contribution in [-0.4, -0.2) is 70.6 Å². The van der Waals surface area contributed by atoms with Gasteiger partial charge in [0.15, 0.2) is 5.58 Å². The number of nitrogens with one attached hydrogen (secondary N) is 2. The molecule has 276 valence electrons. The molecule has 4 aromatic carbocycles. The monoisotopic (exact) mass is 729 g/mol. The fourth-order valence-corrected chi connectivity index (χ4v) is 6.40. The van der Waals surface area contributed by atoms with Crippen molar-refractivity contribution in [3.05, 3.63) is 126 Å². The van der Waals surface area contributed by atoms with E-state index in [0.717, 1.165) is 16.0 Å². The van der Waals surface area contributed by atoms with Gasteiger partial charge in [0.25, 0.3) is 11.8 Å². The van der Waals surface area contributed by atoms with Crippen LogP contribution in [0.1, 0.15) is 46.6 Å². The molecule has 3 N–H and O–H groups in total. The van der Waals surface area contributed by atoms with Crippen molar-refractivity contribution in [2.45, 2.75) is 51.1 Å². The first-order valence-corrected chi connectivity index (χ1v) is 17.6. The molecule has 2 atom stereocenters. The van der Waals surface area contributed by atoms with Gasteiger partial charge in [-0.15, -0.1) is 0 Å². The van der Waals surface area contributed by atoms with E-state index in [1.807, 2.05) is 60.7 Å². The third-order valence-corrected chi connectivity index (χ3v) is 9.14. The van der Waals surface area contributed by atoms with Crippen LogP contribution in [0.4, 0.5) is 11.4 Å². The van der Waals surface area contributed by atoms with E-state index in [-0.39, 0.29) is 36.9 Å². The highest BCUT2D eigenvalue weighted by molar-refractivity contribution is 6.10. The molecule has 4 amide bonds. The molecule has 0 fully saturated rings. The number of carbonyl (C=O) groups excluding carboxylic acids is 5. The van der Waals surface area contributed by atoms with E-state index in [9.17, 15) is 33.9 Å². The van der Waals surface area contributed by atoms with E-state index in [4.69, 9.17) is 4.42 Å². The Bertz CT molecular complexity index is 2190. The number of hydrogen-bond acceptors (Lipinski definition) is 8. The van der Waals surface area contributed by atoms with Gasteiger partial charge in [0.2, 0.25) is 23.5 Å². The number of aryl methyl sites for hydroxylation is 3. The minimum Gasteiger partial charge on any atom is -0.481 e. The number of carboxylic acid groups (broad SMARTS) is 1. The van der Waals surface area contributed by atoms with Gasteiger partial charge in [-0.1, -0.05) is 84.9 Å². The summed E-state index contributed by atoms with van der Waals surface area (Å²) in [5, 5.41) is 14.9. The van der Waals surface area contributed by atoms with E-state index < -0.39 is 54.5 Å². The highest BCUT2D eigenvalue weighted by atomic mass is 16.4. The minimum absolute atomic E-state index is 0.0670. The lowest BCUT2D eigenvalue weighted by molar-refractivity contribution is -0.137.